The van der Waals surface area contributed by atoms with E-state index < -0.39 is 0 Å². The molecule has 0 saturated carbocycles. The molecule has 0 amide bonds. The van der Waals surface area contributed by atoms with Crippen molar-refractivity contribution in [2.75, 3.05) is 52.4 Å². The van der Waals surface area contributed by atoms with Crippen molar-refractivity contribution >= 4 is 34.1 Å². The molecule has 2 aromatic rings. The van der Waals surface area contributed by atoms with Gasteiger partial charge >= 0.3 is 0 Å². The molecule has 0 unspecified atom stereocenters. The first-order chi connectivity index (χ1) is 20.1. The minimum absolute atomic E-state index is 0.0251. The summed E-state index contributed by atoms with van der Waals surface area (Å²) >= 11 is 0. The third-order valence-corrected chi connectivity index (χ3v) is 9.74. The van der Waals surface area contributed by atoms with Gasteiger partial charge in [0, 0.05) is 57.7 Å². The molecule has 228 valence electrons. The number of rotatable bonds is 2. The number of aliphatic imine (C=N–C) groups is 2. The first-order valence-electron chi connectivity index (χ1n) is 16.9. The number of fused-ring (bicyclic) bond motifs is 1. The van der Waals surface area contributed by atoms with Crippen molar-refractivity contribution in [3.05, 3.63) is 35.4 Å². The number of likely N-dealkylation sites (tertiary alicyclic amines) is 4. The molecular weight excluding hydrogens is 516 g/mol. The van der Waals surface area contributed by atoms with E-state index in [4.69, 9.17) is 9.98 Å². The highest BCUT2D eigenvalue weighted by molar-refractivity contribution is 6.05. The zero-order valence-electron chi connectivity index (χ0n) is 27.3. The molecule has 0 aliphatic carbocycles. The zero-order chi connectivity index (χ0) is 29.5. The normalized spacial score (nSPS) is 19.9. The summed E-state index contributed by atoms with van der Waals surface area (Å²) in [6, 6.07) is 9.63. The van der Waals surface area contributed by atoms with Gasteiger partial charge in [0.15, 0.2) is 0 Å². The standard InChI is InChI=1S/C36H54N6/c1-35(2,3)28-23-27-24-29(36(4,5)6)26-31(38-34(41-19-11-12-20-41)42-21-13-14-22-42)32(27)30(25-28)37-33(39-15-7-8-16-39)40-17-9-10-18-40/h23-26H,7-22H2,1-6H3. The fraction of sp³-hybridized carbons (Fsp3) is 0.667. The van der Waals surface area contributed by atoms with Crippen LogP contribution >= 0.6 is 0 Å². The van der Waals surface area contributed by atoms with Crippen molar-refractivity contribution in [1.29, 1.82) is 0 Å². The summed E-state index contributed by atoms with van der Waals surface area (Å²) in [6.07, 6.45) is 10.1. The lowest BCUT2D eigenvalue weighted by atomic mass is 9.82. The van der Waals surface area contributed by atoms with Crippen molar-refractivity contribution in [2.24, 2.45) is 9.98 Å². The third kappa shape index (κ3) is 6.14. The number of nitrogens with zero attached hydrogens (tertiary/aromatic N) is 6. The lowest BCUT2D eigenvalue weighted by Gasteiger charge is -2.30. The Morgan fingerprint density at radius 3 is 1.02 bits per heavy atom. The van der Waals surface area contributed by atoms with Crippen LogP contribution in [-0.2, 0) is 10.8 Å². The lowest BCUT2D eigenvalue weighted by molar-refractivity contribution is 0.395. The number of hydrogen-bond donors (Lipinski definition) is 0. The molecule has 6 heteroatoms. The van der Waals surface area contributed by atoms with Gasteiger partial charge in [-0.3, -0.25) is 0 Å². The quantitative estimate of drug-likeness (QED) is 0.273. The van der Waals surface area contributed by atoms with Gasteiger partial charge in [-0.05, 0) is 90.8 Å². The second-order valence-corrected chi connectivity index (χ2v) is 15.2. The maximum Gasteiger partial charge on any atom is 0.201 e. The first kappa shape index (κ1) is 29.3. The summed E-state index contributed by atoms with van der Waals surface area (Å²) in [5.41, 5.74) is 4.92. The predicted octanol–water partition coefficient (Wildman–Crippen LogP) is 7.79. The number of hydrogen-bond acceptors (Lipinski definition) is 2. The van der Waals surface area contributed by atoms with Crippen molar-refractivity contribution < 1.29 is 0 Å². The van der Waals surface area contributed by atoms with Gasteiger partial charge in [-0.25, -0.2) is 9.98 Å². The largest absolute Gasteiger partial charge is 0.343 e. The van der Waals surface area contributed by atoms with E-state index in [1.165, 1.54) is 85.2 Å². The van der Waals surface area contributed by atoms with Crippen LogP contribution in [0.4, 0.5) is 11.4 Å². The summed E-state index contributed by atoms with van der Waals surface area (Å²) in [7, 11) is 0. The molecule has 0 atom stereocenters. The second-order valence-electron chi connectivity index (χ2n) is 15.2. The molecule has 4 aliphatic heterocycles. The van der Waals surface area contributed by atoms with Gasteiger partial charge in [0.25, 0.3) is 0 Å². The van der Waals surface area contributed by atoms with E-state index >= 15 is 0 Å². The van der Waals surface area contributed by atoms with E-state index in [1.54, 1.807) is 0 Å². The van der Waals surface area contributed by atoms with Gasteiger partial charge in [-0.15, -0.1) is 0 Å². The van der Waals surface area contributed by atoms with Gasteiger partial charge in [-0.1, -0.05) is 53.7 Å². The van der Waals surface area contributed by atoms with Crippen LogP contribution in [0.1, 0.15) is 104 Å². The van der Waals surface area contributed by atoms with Gasteiger partial charge < -0.3 is 19.6 Å². The van der Waals surface area contributed by atoms with Crippen LogP contribution in [0.2, 0.25) is 0 Å². The smallest absolute Gasteiger partial charge is 0.201 e. The van der Waals surface area contributed by atoms with E-state index in [9.17, 15) is 0 Å². The molecule has 0 spiro atoms. The summed E-state index contributed by atoms with van der Waals surface area (Å²) < 4.78 is 0. The van der Waals surface area contributed by atoms with E-state index in [0.717, 1.165) is 63.7 Å². The Morgan fingerprint density at radius 1 is 0.476 bits per heavy atom. The van der Waals surface area contributed by atoms with Gasteiger partial charge in [0.05, 0.1) is 11.4 Å². The Hall–Kier alpha value is -2.76. The third-order valence-electron chi connectivity index (χ3n) is 9.74. The summed E-state index contributed by atoms with van der Waals surface area (Å²) in [6.45, 7) is 22.9. The summed E-state index contributed by atoms with van der Waals surface area (Å²) in [4.78, 5) is 21.5. The van der Waals surface area contributed by atoms with Crippen LogP contribution in [-0.4, -0.2) is 83.9 Å². The maximum absolute atomic E-state index is 5.65. The van der Waals surface area contributed by atoms with E-state index in [1.807, 2.05) is 0 Å². The minimum atomic E-state index is 0.0251. The predicted molar refractivity (Wildman–Crippen MR) is 179 cm³/mol. The van der Waals surface area contributed by atoms with Gasteiger partial charge in [0.2, 0.25) is 11.9 Å². The lowest BCUT2D eigenvalue weighted by Crippen LogP contribution is -2.41. The van der Waals surface area contributed by atoms with Crippen LogP contribution < -0.4 is 0 Å². The van der Waals surface area contributed by atoms with E-state index in [-0.39, 0.29) is 10.8 Å². The number of benzene rings is 2. The Bertz CT molecular complexity index is 1180. The average molecular weight is 571 g/mol. The Morgan fingerprint density at radius 2 is 0.762 bits per heavy atom. The number of guanidine groups is 2. The highest BCUT2D eigenvalue weighted by Crippen LogP contribution is 2.42. The van der Waals surface area contributed by atoms with E-state index in [0.29, 0.717) is 0 Å². The van der Waals surface area contributed by atoms with Crippen molar-refractivity contribution in [3.63, 3.8) is 0 Å². The van der Waals surface area contributed by atoms with Crippen LogP contribution in [0.25, 0.3) is 10.8 Å². The molecule has 4 fully saturated rings. The molecule has 2 aromatic carbocycles. The highest BCUT2D eigenvalue weighted by Gasteiger charge is 2.28. The Balaban J connectivity index is 1.62. The minimum Gasteiger partial charge on any atom is -0.343 e. The van der Waals surface area contributed by atoms with Crippen molar-refractivity contribution in [1.82, 2.24) is 19.6 Å². The van der Waals surface area contributed by atoms with Crippen LogP contribution in [0.15, 0.2) is 34.3 Å². The molecule has 4 heterocycles. The SMILES string of the molecule is CC(C)(C)c1cc(N=C(N2CCCC2)N2CCCC2)c2c(N=C(N3CCCC3)N3CCCC3)cc(C(C)(C)C)cc2c1. The van der Waals surface area contributed by atoms with Crippen molar-refractivity contribution in [3.8, 4) is 0 Å². The molecule has 6 rings (SSSR count). The molecule has 4 aliphatic rings. The van der Waals surface area contributed by atoms with Gasteiger partial charge in [0.1, 0.15) is 0 Å². The Kier molecular flexibility index (Phi) is 8.19. The topological polar surface area (TPSA) is 37.7 Å². The molecule has 4 saturated heterocycles. The van der Waals surface area contributed by atoms with Crippen LogP contribution in [0, 0.1) is 0 Å². The summed E-state index contributed by atoms with van der Waals surface area (Å²) in [5, 5.41) is 2.49. The van der Waals surface area contributed by atoms with E-state index in [2.05, 4.69) is 85.4 Å². The maximum atomic E-state index is 5.65. The summed E-state index contributed by atoms with van der Waals surface area (Å²) in [5.74, 6) is 2.37. The Labute approximate surface area is 254 Å². The fourth-order valence-electron chi connectivity index (χ4n) is 7.08. The van der Waals surface area contributed by atoms with Crippen LogP contribution in [0.3, 0.4) is 0 Å². The average Bonchev–Trinajstić information content (AvgIpc) is 3.76. The molecule has 6 nitrogen and oxygen atoms in total. The zero-order valence-corrected chi connectivity index (χ0v) is 27.3. The van der Waals surface area contributed by atoms with Crippen molar-refractivity contribution in [2.45, 2.75) is 104 Å². The molecule has 42 heavy (non-hydrogen) atoms. The fourth-order valence-corrected chi connectivity index (χ4v) is 7.08. The highest BCUT2D eigenvalue weighted by atomic mass is 15.4. The molecular formula is C36H54N6. The monoisotopic (exact) mass is 570 g/mol. The van der Waals surface area contributed by atoms with Gasteiger partial charge in [-0.2, -0.15) is 0 Å². The molecule has 0 N–H and O–H groups in total. The van der Waals surface area contributed by atoms with Crippen LogP contribution in [0.5, 0.6) is 0 Å². The second kappa shape index (κ2) is 11.7. The first-order valence-corrected chi connectivity index (χ1v) is 16.9. The molecule has 0 radical (unpaired) electrons. The molecule has 0 aromatic heterocycles. The molecule has 0 bridgehead atoms.